The normalized spacial score (nSPS) is 15.6. The topological polar surface area (TPSA) is 87.5 Å². The van der Waals surface area contributed by atoms with Crippen molar-refractivity contribution in [2.24, 2.45) is 12.5 Å². The molecular formula is C26H32N4O3. The maximum Gasteiger partial charge on any atom is 0.337 e. The maximum absolute atomic E-state index is 13.3. The fourth-order valence-electron chi connectivity index (χ4n) is 4.82. The second kappa shape index (κ2) is 8.89. The quantitative estimate of drug-likeness (QED) is 0.587. The highest BCUT2D eigenvalue weighted by molar-refractivity contribution is 5.94. The van der Waals surface area contributed by atoms with Crippen molar-refractivity contribution in [3.05, 3.63) is 63.4 Å². The molecular weight excluding hydrogens is 416 g/mol. The summed E-state index contributed by atoms with van der Waals surface area (Å²) in [6, 6.07) is 10.9. The van der Waals surface area contributed by atoms with Crippen LogP contribution in [0.15, 0.2) is 41.2 Å². The van der Waals surface area contributed by atoms with Crippen LogP contribution in [0.5, 0.6) is 0 Å². The van der Waals surface area contributed by atoms with E-state index in [9.17, 15) is 14.7 Å². The van der Waals surface area contributed by atoms with Crippen molar-refractivity contribution in [2.45, 2.75) is 40.0 Å². The largest absolute Gasteiger partial charge is 0.478 e. The van der Waals surface area contributed by atoms with Crippen LogP contribution in [0.1, 0.15) is 48.2 Å². The Morgan fingerprint density at radius 1 is 1.24 bits per heavy atom. The van der Waals surface area contributed by atoms with E-state index in [2.05, 4.69) is 30.1 Å². The van der Waals surface area contributed by atoms with Crippen molar-refractivity contribution < 1.29 is 9.90 Å². The second-order valence-electron chi connectivity index (χ2n) is 9.81. The lowest BCUT2D eigenvalue weighted by molar-refractivity contribution is 0.0698. The molecule has 1 fully saturated rings. The summed E-state index contributed by atoms with van der Waals surface area (Å²) in [6.07, 6.45) is 2.87. The fourth-order valence-corrected chi connectivity index (χ4v) is 4.82. The van der Waals surface area contributed by atoms with Crippen LogP contribution in [0.3, 0.4) is 0 Å². The lowest BCUT2D eigenvalue weighted by Gasteiger charge is -2.39. The van der Waals surface area contributed by atoms with E-state index in [1.165, 1.54) is 6.42 Å². The zero-order chi connectivity index (χ0) is 23.8. The number of anilines is 2. The first-order valence-corrected chi connectivity index (χ1v) is 11.5. The molecule has 174 valence electrons. The molecule has 0 bridgehead atoms. The van der Waals surface area contributed by atoms with E-state index in [4.69, 9.17) is 4.98 Å². The summed E-state index contributed by atoms with van der Waals surface area (Å²) in [5, 5.41) is 13.3. The minimum atomic E-state index is -0.960. The molecule has 4 rings (SSSR count). The highest BCUT2D eigenvalue weighted by atomic mass is 16.4. The molecule has 0 atom stereocenters. The molecule has 1 aliphatic rings. The van der Waals surface area contributed by atoms with Gasteiger partial charge in [-0.3, -0.25) is 9.36 Å². The summed E-state index contributed by atoms with van der Waals surface area (Å²) in [5.74, 6) is -0.243. The molecule has 1 saturated heterocycles. The van der Waals surface area contributed by atoms with Crippen molar-refractivity contribution in [1.82, 2.24) is 9.55 Å². The van der Waals surface area contributed by atoms with Gasteiger partial charge in [-0.2, -0.15) is 0 Å². The first-order chi connectivity index (χ1) is 15.7. The first-order valence-electron chi connectivity index (χ1n) is 11.5. The van der Waals surface area contributed by atoms with E-state index in [1.807, 2.05) is 19.1 Å². The molecule has 2 heterocycles. The molecule has 0 saturated carbocycles. The van der Waals surface area contributed by atoms with Gasteiger partial charge in [-0.25, -0.2) is 9.78 Å². The highest BCUT2D eigenvalue weighted by Gasteiger charge is 2.29. The predicted octanol–water partition coefficient (Wildman–Crippen LogP) is 4.22. The van der Waals surface area contributed by atoms with E-state index in [-0.39, 0.29) is 16.5 Å². The van der Waals surface area contributed by atoms with Crippen LogP contribution in [0, 0.1) is 12.3 Å². The molecule has 2 aromatic carbocycles. The van der Waals surface area contributed by atoms with E-state index in [0.29, 0.717) is 24.0 Å². The number of fused-ring (bicyclic) bond motifs is 1. The molecule has 1 aliphatic heterocycles. The van der Waals surface area contributed by atoms with Gasteiger partial charge in [0, 0.05) is 32.4 Å². The number of piperidine rings is 1. The summed E-state index contributed by atoms with van der Waals surface area (Å²) in [6.45, 7) is 8.79. The van der Waals surface area contributed by atoms with Gasteiger partial charge in [0.15, 0.2) is 0 Å². The van der Waals surface area contributed by atoms with E-state index >= 15 is 0 Å². The average Bonchev–Trinajstić information content (AvgIpc) is 2.76. The number of hydrogen-bond donors (Lipinski definition) is 2. The van der Waals surface area contributed by atoms with Crippen LogP contribution in [-0.2, 0) is 13.5 Å². The van der Waals surface area contributed by atoms with Crippen LogP contribution in [-0.4, -0.2) is 40.3 Å². The SMILES string of the molecule is Cc1cc(CCNc2ccccc2C(=O)O)c2nc(N3CCCC(C)(C)C3)n(C)c(=O)c2c1. The molecule has 0 radical (unpaired) electrons. The smallest absolute Gasteiger partial charge is 0.337 e. The van der Waals surface area contributed by atoms with Crippen molar-refractivity contribution in [1.29, 1.82) is 0 Å². The van der Waals surface area contributed by atoms with Crippen molar-refractivity contribution in [3.63, 3.8) is 0 Å². The van der Waals surface area contributed by atoms with Gasteiger partial charge in [0.2, 0.25) is 5.95 Å². The Hall–Kier alpha value is -3.35. The lowest BCUT2D eigenvalue weighted by Crippen LogP contribution is -2.43. The molecule has 7 heteroatoms. The number of carbonyl (C=O) groups is 1. The third-order valence-electron chi connectivity index (χ3n) is 6.43. The van der Waals surface area contributed by atoms with Gasteiger partial charge in [-0.1, -0.05) is 32.0 Å². The van der Waals surface area contributed by atoms with Gasteiger partial charge in [-0.05, 0) is 60.9 Å². The Labute approximate surface area is 194 Å². The van der Waals surface area contributed by atoms with Gasteiger partial charge in [0.25, 0.3) is 5.56 Å². The van der Waals surface area contributed by atoms with Crippen molar-refractivity contribution in [2.75, 3.05) is 29.9 Å². The molecule has 3 aromatic rings. The molecule has 7 nitrogen and oxygen atoms in total. The van der Waals surface area contributed by atoms with Gasteiger partial charge in [0.1, 0.15) is 0 Å². The third-order valence-corrected chi connectivity index (χ3v) is 6.43. The molecule has 0 amide bonds. The summed E-state index contributed by atoms with van der Waals surface area (Å²) in [5.41, 5.74) is 3.70. The Morgan fingerprint density at radius 3 is 2.73 bits per heavy atom. The summed E-state index contributed by atoms with van der Waals surface area (Å²) in [4.78, 5) is 32.0. The van der Waals surface area contributed by atoms with E-state index < -0.39 is 5.97 Å². The summed E-state index contributed by atoms with van der Waals surface area (Å²) < 4.78 is 1.67. The maximum atomic E-state index is 13.3. The van der Waals surface area contributed by atoms with Gasteiger partial charge in [0.05, 0.1) is 16.5 Å². The predicted molar refractivity (Wildman–Crippen MR) is 133 cm³/mol. The van der Waals surface area contributed by atoms with Crippen molar-refractivity contribution in [3.8, 4) is 0 Å². The minimum Gasteiger partial charge on any atom is -0.478 e. The number of nitrogens with one attached hydrogen (secondary N) is 1. The standard InChI is InChI=1S/C26H32N4O3/c1-17-14-18(10-12-27-21-9-6-5-8-19(21)24(32)33)22-20(15-17)23(31)29(4)25(28-22)30-13-7-11-26(2,3)16-30/h5-6,8-9,14-15,27H,7,10-13,16H2,1-4H3,(H,32,33). The van der Waals surface area contributed by atoms with Crippen LogP contribution in [0.2, 0.25) is 0 Å². The number of carboxylic acid groups (broad SMARTS) is 1. The van der Waals surface area contributed by atoms with E-state index in [1.54, 1.807) is 29.8 Å². The Bertz CT molecular complexity index is 1260. The number of aryl methyl sites for hydroxylation is 1. The van der Waals surface area contributed by atoms with Crippen LogP contribution in [0.4, 0.5) is 11.6 Å². The lowest BCUT2D eigenvalue weighted by atomic mass is 9.84. The zero-order valence-corrected chi connectivity index (χ0v) is 19.8. The number of rotatable bonds is 6. The Morgan fingerprint density at radius 2 is 2.00 bits per heavy atom. The first kappa shape index (κ1) is 22.8. The number of nitrogens with zero attached hydrogens (tertiary/aromatic N) is 3. The third kappa shape index (κ3) is 4.72. The minimum absolute atomic E-state index is 0.0347. The molecule has 0 aliphatic carbocycles. The summed E-state index contributed by atoms with van der Waals surface area (Å²) in [7, 11) is 1.80. The van der Waals surface area contributed by atoms with Gasteiger partial charge in [-0.15, -0.1) is 0 Å². The van der Waals surface area contributed by atoms with Crippen LogP contribution in [0.25, 0.3) is 10.9 Å². The molecule has 1 aromatic heterocycles. The van der Waals surface area contributed by atoms with Crippen molar-refractivity contribution >= 4 is 28.5 Å². The molecule has 0 spiro atoms. The van der Waals surface area contributed by atoms with Gasteiger partial charge >= 0.3 is 5.97 Å². The number of carboxylic acids is 1. The number of aromatic nitrogens is 2. The number of hydrogen-bond acceptors (Lipinski definition) is 5. The number of aromatic carboxylic acids is 1. The number of benzene rings is 2. The average molecular weight is 449 g/mol. The Balaban J connectivity index is 1.68. The van der Waals surface area contributed by atoms with Gasteiger partial charge < -0.3 is 15.3 Å². The Kier molecular flexibility index (Phi) is 6.15. The molecule has 0 unspecified atom stereocenters. The molecule has 2 N–H and O–H groups in total. The van der Waals surface area contributed by atoms with E-state index in [0.717, 1.165) is 42.1 Å². The monoisotopic (exact) mass is 448 g/mol. The number of para-hydroxylation sites is 1. The van der Waals surface area contributed by atoms with Crippen LogP contribution >= 0.6 is 0 Å². The zero-order valence-electron chi connectivity index (χ0n) is 19.8. The second-order valence-corrected chi connectivity index (χ2v) is 9.81. The molecule has 33 heavy (non-hydrogen) atoms. The summed E-state index contributed by atoms with van der Waals surface area (Å²) >= 11 is 0. The fraction of sp³-hybridized carbons (Fsp3) is 0.423. The van der Waals surface area contributed by atoms with Crippen LogP contribution < -0.4 is 15.8 Å². The highest BCUT2D eigenvalue weighted by Crippen LogP contribution is 2.31.